The normalized spacial score (nSPS) is 18.8. The van der Waals surface area contributed by atoms with Crippen LogP contribution in [0.25, 0.3) is 0 Å². The average Bonchev–Trinajstić information content (AvgIpc) is 3.09. The zero-order valence-corrected chi connectivity index (χ0v) is 10.5. The summed E-state index contributed by atoms with van der Waals surface area (Å²) in [5, 5.41) is 13.9. The van der Waals surface area contributed by atoms with Gasteiger partial charge in [-0.15, -0.1) is 0 Å². The maximum Gasteiger partial charge on any atom is 0.233 e. The lowest BCUT2D eigenvalue weighted by molar-refractivity contribution is -0.124. The zero-order valence-electron chi connectivity index (χ0n) is 9.64. The Balaban J connectivity index is 2.47. The van der Waals surface area contributed by atoms with Crippen molar-refractivity contribution in [1.29, 1.82) is 0 Å². The van der Waals surface area contributed by atoms with E-state index in [4.69, 9.17) is 10.9 Å². The van der Waals surface area contributed by atoms with Crippen LogP contribution in [0.4, 0.5) is 0 Å². The number of rotatable bonds is 6. The van der Waals surface area contributed by atoms with Gasteiger partial charge in [-0.25, -0.2) is 8.42 Å². The number of sulfone groups is 1. The molecule has 1 aliphatic rings. The fourth-order valence-electron chi connectivity index (χ4n) is 1.45. The molecule has 0 aliphatic heterocycles. The molecule has 0 unspecified atom stereocenters. The minimum Gasteiger partial charge on any atom is -0.409 e. The summed E-state index contributed by atoms with van der Waals surface area (Å²) < 4.78 is 22.4. The number of amidine groups is 1. The highest BCUT2D eigenvalue weighted by atomic mass is 32.2. The Morgan fingerprint density at radius 3 is 2.53 bits per heavy atom. The van der Waals surface area contributed by atoms with E-state index < -0.39 is 15.3 Å². The number of carbonyl (C=O) groups excluding carboxylic acids is 1. The van der Waals surface area contributed by atoms with Crippen LogP contribution in [0.1, 0.15) is 19.8 Å². The molecule has 7 nitrogen and oxygen atoms in total. The summed E-state index contributed by atoms with van der Waals surface area (Å²) in [6.45, 7) is 1.60. The van der Waals surface area contributed by atoms with Gasteiger partial charge in [-0.05, 0) is 12.8 Å². The van der Waals surface area contributed by atoms with Crippen molar-refractivity contribution in [3.63, 3.8) is 0 Å². The zero-order chi connectivity index (χ0) is 13.1. The van der Waals surface area contributed by atoms with Crippen LogP contribution < -0.4 is 11.1 Å². The summed E-state index contributed by atoms with van der Waals surface area (Å²) in [4.78, 5) is 11.7. The van der Waals surface area contributed by atoms with E-state index in [0.29, 0.717) is 12.8 Å². The number of oxime groups is 1. The van der Waals surface area contributed by atoms with Crippen LogP contribution in [0.3, 0.4) is 0 Å². The van der Waals surface area contributed by atoms with Gasteiger partial charge in [0.15, 0.2) is 15.7 Å². The predicted octanol–water partition coefficient (Wildman–Crippen LogP) is -0.936. The van der Waals surface area contributed by atoms with Gasteiger partial charge in [0.25, 0.3) is 0 Å². The molecule has 17 heavy (non-hydrogen) atoms. The Labute approximate surface area is 100.0 Å². The fourth-order valence-corrected chi connectivity index (χ4v) is 2.16. The van der Waals surface area contributed by atoms with Crippen LogP contribution in [0.2, 0.25) is 0 Å². The minimum atomic E-state index is -3.09. The highest BCUT2D eigenvalue weighted by Crippen LogP contribution is 2.45. The van der Waals surface area contributed by atoms with Gasteiger partial charge >= 0.3 is 0 Å². The molecule has 0 aromatic rings. The Hall–Kier alpha value is -1.31. The Kier molecular flexibility index (Phi) is 3.97. The van der Waals surface area contributed by atoms with Crippen molar-refractivity contribution in [3.8, 4) is 0 Å². The van der Waals surface area contributed by atoms with Gasteiger partial charge in [0.1, 0.15) is 5.41 Å². The highest BCUT2D eigenvalue weighted by Gasteiger charge is 2.54. The van der Waals surface area contributed by atoms with Crippen molar-refractivity contribution in [2.24, 2.45) is 16.3 Å². The van der Waals surface area contributed by atoms with Crippen molar-refractivity contribution in [2.75, 3.05) is 18.1 Å². The second-order valence-corrected chi connectivity index (χ2v) is 6.53. The van der Waals surface area contributed by atoms with Crippen LogP contribution >= 0.6 is 0 Å². The van der Waals surface area contributed by atoms with Crippen molar-refractivity contribution < 1.29 is 18.4 Å². The molecule has 0 aromatic carbocycles. The van der Waals surface area contributed by atoms with Crippen molar-refractivity contribution in [1.82, 2.24) is 5.32 Å². The molecule has 0 spiro atoms. The molecule has 0 heterocycles. The van der Waals surface area contributed by atoms with Crippen LogP contribution in [-0.4, -0.2) is 43.4 Å². The van der Waals surface area contributed by atoms with E-state index in [1.807, 2.05) is 0 Å². The maximum absolute atomic E-state index is 11.7. The average molecular weight is 263 g/mol. The molecule has 0 atom stereocenters. The van der Waals surface area contributed by atoms with E-state index in [1.165, 1.54) is 0 Å². The minimum absolute atomic E-state index is 0.0499. The van der Waals surface area contributed by atoms with E-state index >= 15 is 0 Å². The van der Waals surface area contributed by atoms with Crippen molar-refractivity contribution in [2.45, 2.75) is 19.8 Å². The summed E-state index contributed by atoms with van der Waals surface area (Å²) >= 11 is 0. The number of nitrogens with zero attached hydrogens (tertiary/aromatic N) is 1. The van der Waals surface area contributed by atoms with Gasteiger partial charge in [0, 0.05) is 12.3 Å². The summed E-state index contributed by atoms with van der Waals surface area (Å²) in [6.07, 6.45) is 1.05. The molecule has 1 aliphatic carbocycles. The molecule has 0 aromatic heterocycles. The Morgan fingerprint density at radius 2 is 2.12 bits per heavy atom. The first kappa shape index (κ1) is 13.8. The monoisotopic (exact) mass is 263 g/mol. The molecule has 0 saturated heterocycles. The number of nitrogens with two attached hydrogens (primary N) is 1. The molecule has 1 fully saturated rings. The van der Waals surface area contributed by atoms with Gasteiger partial charge in [-0.3, -0.25) is 4.79 Å². The van der Waals surface area contributed by atoms with Crippen molar-refractivity contribution >= 4 is 21.6 Å². The second-order valence-electron chi connectivity index (χ2n) is 4.06. The second kappa shape index (κ2) is 4.91. The molecular weight excluding hydrogens is 246 g/mol. The standard InChI is InChI=1S/C9H17N3O4S/c1-2-17(15,16)6-5-11-8(13)9(3-4-9)7(10)12-14/h14H,2-6H2,1H3,(H2,10,12)(H,11,13). The van der Waals surface area contributed by atoms with E-state index in [9.17, 15) is 13.2 Å². The first-order valence-corrected chi connectivity index (χ1v) is 7.17. The first-order chi connectivity index (χ1) is 7.88. The first-order valence-electron chi connectivity index (χ1n) is 5.34. The fraction of sp³-hybridized carbons (Fsp3) is 0.778. The van der Waals surface area contributed by atoms with Gasteiger partial charge < -0.3 is 16.3 Å². The molecule has 4 N–H and O–H groups in total. The van der Waals surface area contributed by atoms with Gasteiger partial charge in [0.05, 0.1) is 5.75 Å². The molecule has 0 bridgehead atoms. The topological polar surface area (TPSA) is 122 Å². The number of hydrogen-bond acceptors (Lipinski definition) is 5. The van der Waals surface area contributed by atoms with Gasteiger partial charge in [0.2, 0.25) is 5.91 Å². The van der Waals surface area contributed by atoms with Crippen molar-refractivity contribution in [3.05, 3.63) is 0 Å². The Bertz CT molecular complexity index is 426. The lowest BCUT2D eigenvalue weighted by atomic mass is 10.1. The third-order valence-electron chi connectivity index (χ3n) is 2.92. The van der Waals surface area contributed by atoms with Gasteiger partial charge in [-0.1, -0.05) is 12.1 Å². The molecule has 1 saturated carbocycles. The van der Waals surface area contributed by atoms with E-state index in [0.717, 1.165) is 0 Å². The molecule has 1 rings (SSSR count). The maximum atomic E-state index is 11.7. The molecule has 98 valence electrons. The van der Waals surface area contributed by atoms with E-state index in [-0.39, 0.29) is 29.8 Å². The number of amides is 1. The lowest BCUT2D eigenvalue weighted by Gasteiger charge is -2.13. The van der Waals surface area contributed by atoms with Crippen LogP contribution in [0, 0.1) is 5.41 Å². The smallest absolute Gasteiger partial charge is 0.233 e. The third kappa shape index (κ3) is 3.09. The molecule has 1 amide bonds. The summed E-state index contributed by atoms with van der Waals surface area (Å²) in [6, 6.07) is 0. The highest BCUT2D eigenvalue weighted by molar-refractivity contribution is 7.91. The predicted molar refractivity (Wildman–Crippen MR) is 62.4 cm³/mol. The number of hydrogen-bond donors (Lipinski definition) is 3. The van der Waals surface area contributed by atoms with Crippen LogP contribution in [0.15, 0.2) is 5.16 Å². The quantitative estimate of drug-likeness (QED) is 0.247. The van der Waals surface area contributed by atoms with E-state index in [1.54, 1.807) is 6.92 Å². The van der Waals surface area contributed by atoms with Gasteiger partial charge in [-0.2, -0.15) is 0 Å². The molecule has 8 heteroatoms. The lowest BCUT2D eigenvalue weighted by Crippen LogP contribution is -2.42. The van der Waals surface area contributed by atoms with Crippen LogP contribution in [-0.2, 0) is 14.6 Å². The third-order valence-corrected chi connectivity index (χ3v) is 4.63. The van der Waals surface area contributed by atoms with Crippen LogP contribution in [0.5, 0.6) is 0 Å². The molecule has 0 radical (unpaired) electrons. The SMILES string of the molecule is CCS(=O)(=O)CCNC(=O)C1(C(N)=NO)CC1. The number of carbonyl (C=O) groups is 1. The Morgan fingerprint density at radius 1 is 1.53 bits per heavy atom. The van der Waals surface area contributed by atoms with E-state index in [2.05, 4.69) is 10.5 Å². The molecular formula is C9H17N3O4S. The number of nitrogens with one attached hydrogen (secondary N) is 1. The largest absolute Gasteiger partial charge is 0.409 e. The summed E-state index contributed by atoms with van der Waals surface area (Å²) in [7, 11) is -3.09. The summed E-state index contributed by atoms with van der Waals surface area (Å²) in [5.41, 5.74) is 4.49. The summed E-state index contributed by atoms with van der Waals surface area (Å²) in [5.74, 6) is -0.539.